The molecule has 0 aliphatic heterocycles. The number of hydrogen-bond donors (Lipinski definition) is 1. The Kier molecular flexibility index (Phi) is 4.22. The first-order valence-electron chi connectivity index (χ1n) is 3.71. The molecule has 0 aliphatic carbocycles. The molecule has 1 rings (SSSR count). The Morgan fingerprint density at radius 1 is 1.79 bits per heavy atom. The first kappa shape index (κ1) is 11.8. The van der Waals surface area contributed by atoms with Gasteiger partial charge < -0.3 is 5.11 Å². The van der Waals surface area contributed by atoms with Crippen molar-refractivity contribution < 1.29 is 9.90 Å². The third-order valence-corrected chi connectivity index (χ3v) is 3.35. The van der Waals surface area contributed by atoms with Crippen molar-refractivity contribution >= 4 is 45.3 Å². The predicted molar refractivity (Wildman–Crippen MR) is 59.9 cm³/mol. The third kappa shape index (κ3) is 3.15. The van der Waals surface area contributed by atoms with Gasteiger partial charge in [0.15, 0.2) is 0 Å². The topological polar surface area (TPSA) is 50.2 Å². The van der Waals surface area contributed by atoms with Gasteiger partial charge in [-0.15, -0.1) is 0 Å². The Hall–Kier alpha value is -0.260. The van der Waals surface area contributed by atoms with Crippen LogP contribution in [0.15, 0.2) is 21.8 Å². The Balaban J connectivity index is 2.82. The maximum absolute atomic E-state index is 10.6. The molecule has 0 aliphatic rings. The highest BCUT2D eigenvalue weighted by molar-refractivity contribution is 9.10. The van der Waals surface area contributed by atoms with Gasteiger partial charge >= 0.3 is 5.97 Å². The number of carboxylic acids is 1. The molecule has 76 valence electrons. The average Bonchev–Trinajstić information content (AvgIpc) is 2.09. The van der Waals surface area contributed by atoms with Crippen LogP contribution < -0.4 is 0 Å². The summed E-state index contributed by atoms with van der Waals surface area (Å²) in [5.41, 5.74) is 0. The molecule has 1 unspecified atom stereocenters. The zero-order valence-corrected chi connectivity index (χ0v) is 10.4. The molecule has 0 aromatic carbocycles. The number of carbonyl (C=O) groups is 1. The average molecular weight is 297 g/mol. The van der Waals surface area contributed by atoms with Crippen LogP contribution >= 0.6 is 39.3 Å². The largest absolute Gasteiger partial charge is 0.480 e. The van der Waals surface area contributed by atoms with Crippen LogP contribution in [0, 0.1) is 0 Å². The van der Waals surface area contributed by atoms with E-state index in [9.17, 15) is 4.79 Å². The molecule has 1 N–H and O–H groups in total. The molecule has 0 amide bonds. The van der Waals surface area contributed by atoms with Crippen LogP contribution in [0.25, 0.3) is 0 Å². The molecular formula is C8H7BrClNO2S. The molecule has 1 heterocycles. The van der Waals surface area contributed by atoms with Crippen LogP contribution in [0.4, 0.5) is 0 Å². The van der Waals surface area contributed by atoms with Crippen molar-refractivity contribution in [2.75, 3.05) is 0 Å². The van der Waals surface area contributed by atoms with Crippen molar-refractivity contribution in [3.05, 3.63) is 21.8 Å². The minimum Gasteiger partial charge on any atom is -0.480 e. The molecule has 1 aromatic rings. The van der Waals surface area contributed by atoms with E-state index in [-0.39, 0.29) is 0 Å². The second kappa shape index (κ2) is 5.00. The highest BCUT2D eigenvalue weighted by Gasteiger charge is 2.15. The van der Waals surface area contributed by atoms with Gasteiger partial charge in [-0.05, 0) is 28.9 Å². The molecule has 0 saturated carbocycles. The van der Waals surface area contributed by atoms with E-state index in [4.69, 9.17) is 16.7 Å². The lowest BCUT2D eigenvalue weighted by molar-refractivity contribution is -0.136. The number of rotatable bonds is 3. The van der Waals surface area contributed by atoms with Gasteiger partial charge in [-0.25, -0.2) is 4.98 Å². The second-order valence-corrected chi connectivity index (χ2v) is 5.19. The van der Waals surface area contributed by atoms with Crippen molar-refractivity contribution in [3.63, 3.8) is 0 Å². The summed E-state index contributed by atoms with van der Waals surface area (Å²) in [7, 11) is 0. The van der Waals surface area contributed by atoms with Gasteiger partial charge in [0.1, 0.15) is 10.3 Å². The van der Waals surface area contributed by atoms with E-state index in [1.165, 1.54) is 0 Å². The normalized spacial score (nSPS) is 12.5. The van der Waals surface area contributed by atoms with E-state index in [1.54, 1.807) is 19.2 Å². The molecule has 14 heavy (non-hydrogen) atoms. The molecule has 0 radical (unpaired) electrons. The van der Waals surface area contributed by atoms with Gasteiger partial charge in [-0.1, -0.05) is 23.4 Å². The van der Waals surface area contributed by atoms with E-state index in [2.05, 4.69) is 20.9 Å². The summed E-state index contributed by atoms with van der Waals surface area (Å²) in [6.07, 6.45) is 1.59. The summed E-state index contributed by atoms with van der Waals surface area (Å²) < 4.78 is 0.773. The number of thioether (sulfide) groups is 1. The molecular weight excluding hydrogens is 290 g/mol. The molecule has 0 fully saturated rings. The van der Waals surface area contributed by atoms with Crippen LogP contribution in [0.3, 0.4) is 0 Å². The summed E-state index contributed by atoms with van der Waals surface area (Å²) in [5, 5.41) is 9.12. The molecule has 1 atom stereocenters. The fourth-order valence-corrected chi connectivity index (χ4v) is 2.19. The molecule has 0 spiro atoms. The summed E-state index contributed by atoms with van der Waals surface area (Å²) in [5.74, 6) is -0.879. The Morgan fingerprint density at radius 3 is 2.93 bits per heavy atom. The lowest BCUT2D eigenvalue weighted by Gasteiger charge is -2.06. The Morgan fingerprint density at radius 2 is 2.43 bits per heavy atom. The first-order valence-corrected chi connectivity index (χ1v) is 5.76. The SMILES string of the molecule is CC(Sc1ncc(Br)cc1Cl)C(=O)O. The summed E-state index contributed by atoms with van der Waals surface area (Å²) in [6, 6.07) is 1.69. The van der Waals surface area contributed by atoms with E-state index >= 15 is 0 Å². The zero-order valence-electron chi connectivity index (χ0n) is 7.20. The lowest BCUT2D eigenvalue weighted by Crippen LogP contribution is -2.11. The molecule has 0 saturated heterocycles. The number of carboxylic acid groups (broad SMARTS) is 1. The zero-order chi connectivity index (χ0) is 10.7. The van der Waals surface area contributed by atoms with E-state index < -0.39 is 11.2 Å². The maximum atomic E-state index is 10.6. The van der Waals surface area contributed by atoms with Crippen molar-refractivity contribution in [2.24, 2.45) is 0 Å². The minimum absolute atomic E-state index is 0.456. The van der Waals surface area contributed by atoms with Crippen molar-refractivity contribution in [1.82, 2.24) is 4.98 Å². The van der Waals surface area contributed by atoms with Crippen molar-refractivity contribution in [2.45, 2.75) is 17.2 Å². The van der Waals surface area contributed by atoms with E-state index in [0.29, 0.717) is 10.0 Å². The van der Waals surface area contributed by atoms with Crippen LogP contribution in [-0.4, -0.2) is 21.3 Å². The van der Waals surface area contributed by atoms with Crippen molar-refractivity contribution in [1.29, 1.82) is 0 Å². The first-order chi connectivity index (χ1) is 6.50. The quantitative estimate of drug-likeness (QED) is 0.871. The Labute approximate surface area is 99.0 Å². The van der Waals surface area contributed by atoms with E-state index in [1.807, 2.05) is 0 Å². The van der Waals surface area contributed by atoms with Crippen molar-refractivity contribution in [3.8, 4) is 0 Å². The third-order valence-electron chi connectivity index (χ3n) is 1.41. The standard InChI is InChI=1S/C8H7BrClNO2S/c1-4(8(12)13)14-7-6(10)2-5(9)3-11-7/h2-4H,1H3,(H,12,13). The number of aromatic nitrogens is 1. The lowest BCUT2D eigenvalue weighted by atomic mass is 10.5. The predicted octanol–water partition coefficient (Wildman–Crippen LogP) is 3.06. The van der Waals surface area contributed by atoms with Gasteiger partial charge in [0.2, 0.25) is 0 Å². The number of halogens is 2. The minimum atomic E-state index is -0.879. The smallest absolute Gasteiger partial charge is 0.316 e. The van der Waals surface area contributed by atoms with E-state index in [0.717, 1.165) is 16.2 Å². The second-order valence-electron chi connectivity index (χ2n) is 2.54. The summed E-state index contributed by atoms with van der Waals surface area (Å²) >= 11 is 10.2. The van der Waals surface area contributed by atoms with Gasteiger partial charge in [-0.3, -0.25) is 4.79 Å². The van der Waals surface area contributed by atoms with Crippen LogP contribution in [0.5, 0.6) is 0 Å². The van der Waals surface area contributed by atoms with Gasteiger partial charge in [0.05, 0.1) is 5.02 Å². The molecule has 1 aromatic heterocycles. The maximum Gasteiger partial charge on any atom is 0.316 e. The fourth-order valence-electron chi connectivity index (χ4n) is 0.707. The molecule has 6 heteroatoms. The number of aliphatic carboxylic acids is 1. The molecule has 3 nitrogen and oxygen atoms in total. The van der Waals surface area contributed by atoms with Gasteiger partial charge in [0.25, 0.3) is 0 Å². The van der Waals surface area contributed by atoms with Crippen LogP contribution in [0.2, 0.25) is 5.02 Å². The molecule has 0 bridgehead atoms. The number of pyridine rings is 1. The Bertz CT molecular complexity index is 361. The van der Waals surface area contributed by atoms with Crippen LogP contribution in [-0.2, 0) is 4.79 Å². The highest BCUT2D eigenvalue weighted by Crippen LogP contribution is 2.30. The monoisotopic (exact) mass is 295 g/mol. The summed E-state index contributed by atoms with van der Waals surface area (Å²) in [4.78, 5) is 14.6. The van der Waals surface area contributed by atoms with Gasteiger partial charge in [0, 0.05) is 10.7 Å². The fraction of sp³-hybridized carbons (Fsp3) is 0.250. The number of nitrogens with zero attached hydrogens (tertiary/aromatic N) is 1. The highest BCUT2D eigenvalue weighted by atomic mass is 79.9. The van der Waals surface area contributed by atoms with Gasteiger partial charge in [-0.2, -0.15) is 0 Å². The number of hydrogen-bond acceptors (Lipinski definition) is 3. The van der Waals surface area contributed by atoms with Crippen LogP contribution in [0.1, 0.15) is 6.92 Å². The summed E-state index contributed by atoms with van der Waals surface area (Å²) in [6.45, 7) is 1.59.